The second kappa shape index (κ2) is 5.32. The fraction of sp³-hybridized carbons (Fsp3) is 0.571. The van der Waals surface area contributed by atoms with Crippen LogP contribution in [0, 0.1) is 0 Å². The predicted octanol–water partition coefficient (Wildman–Crippen LogP) is 4.00. The minimum absolute atomic E-state index is 0.245. The van der Waals surface area contributed by atoms with Gasteiger partial charge in [-0.05, 0) is 11.1 Å². The number of hydrogen-bond donors (Lipinski definition) is 0. The standard InChI is InChI=1S/C14H25Si2/c1-12(2)16(13(3)4,15(5)6)14-10-8-7-9-11-14/h7-13H,1-6H3. The Hall–Kier alpha value is -0.346. The molecule has 0 aliphatic rings. The first-order chi connectivity index (χ1) is 7.44. The van der Waals surface area contributed by atoms with Gasteiger partial charge in [0.2, 0.25) is 0 Å². The SMILES string of the molecule is CC(C)[Si](c1ccccc1)(C(C)C)[Si](C)C. The van der Waals surface area contributed by atoms with E-state index in [4.69, 9.17) is 0 Å². The van der Waals surface area contributed by atoms with Crippen molar-refractivity contribution < 1.29 is 0 Å². The average Bonchev–Trinajstić information content (AvgIpc) is 2.18. The largest absolute Gasteiger partial charge is 0.0820 e. The average molecular weight is 250 g/mol. The number of rotatable bonds is 4. The third-order valence-electron chi connectivity index (χ3n) is 3.90. The first-order valence-electron chi connectivity index (χ1n) is 6.30. The van der Waals surface area contributed by atoms with E-state index in [1.807, 2.05) is 0 Å². The maximum Gasteiger partial charge on any atom is 0.0820 e. The van der Waals surface area contributed by atoms with E-state index in [9.17, 15) is 0 Å². The first-order valence-corrected chi connectivity index (χ1v) is 12.0. The van der Waals surface area contributed by atoms with Crippen molar-refractivity contribution in [1.29, 1.82) is 0 Å². The smallest absolute Gasteiger partial charge is 0.0730 e. The molecule has 0 heterocycles. The molecule has 0 bridgehead atoms. The first kappa shape index (κ1) is 13.7. The van der Waals surface area contributed by atoms with Gasteiger partial charge < -0.3 is 0 Å². The van der Waals surface area contributed by atoms with Crippen LogP contribution in [0.25, 0.3) is 0 Å². The van der Waals surface area contributed by atoms with E-state index >= 15 is 0 Å². The van der Waals surface area contributed by atoms with Crippen molar-refractivity contribution in [2.75, 3.05) is 0 Å². The summed E-state index contributed by atoms with van der Waals surface area (Å²) < 4.78 is 0. The van der Waals surface area contributed by atoms with Gasteiger partial charge in [0.1, 0.15) is 0 Å². The summed E-state index contributed by atoms with van der Waals surface area (Å²) in [5.41, 5.74) is 1.69. The molecule has 0 spiro atoms. The lowest BCUT2D eigenvalue weighted by Crippen LogP contribution is -2.62. The number of benzene rings is 1. The van der Waals surface area contributed by atoms with Crippen molar-refractivity contribution in [2.45, 2.75) is 51.9 Å². The van der Waals surface area contributed by atoms with Crippen molar-refractivity contribution in [3.05, 3.63) is 30.3 Å². The van der Waals surface area contributed by atoms with E-state index in [0.717, 1.165) is 11.1 Å². The van der Waals surface area contributed by atoms with Gasteiger partial charge in [-0.15, -0.1) is 0 Å². The van der Waals surface area contributed by atoms with Gasteiger partial charge in [0.05, 0.1) is 7.59 Å². The van der Waals surface area contributed by atoms with E-state index in [0.29, 0.717) is 0 Å². The van der Waals surface area contributed by atoms with Crippen LogP contribution in [0.15, 0.2) is 30.3 Å². The molecule has 0 N–H and O–H groups in total. The van der Waals surface area contributed by atoms with Crippen LogP contribution in [-0.4, -0.2) is 15.9 Å². The highest BCUT2D eigenvalue weighted by Gasteiger charge is 2.44. The molecule has 0 fully saturated rings. The van der Waals surface area contributed by atoms with Crippen molar-refractivity contribution >= 4 is 21.1 Å². The third kappa shape index (κ3) is 2.18. The van der Waals surface area contributed by atoms with E-state index in [1.54, 1.807) is 5.19 Å². The maximum absolute atomic E-state index is 2.52. The second-order valence-electron chi connectivity index (χ2n) is 5.54. The highest BCUT2D eigenvalue weighted by Crippen LogP contribution is 2.34. The lowest BCUT2D eigenvalue weighted by Gasteiger charge is -2.43. The molecule has 0 atom stereocenters. The molecule has 0 unspecified atom stereocenters. The van der Waals surface area contributed by atoms with Gasteiger partial charge in [-0.25, -0.2) is 0 Å². The van der Waals surface area contributed by atoms with E-state index in [-0.39, 0.29) is 8.31 Å². The molecule has 0 aliphatic carbocycles. The van der Waals surface area contributed by atoms with Crippen LogP contribution in [0.1, 0.15) is 27.7 Å². The molecule has 0 aromatic heterocycles. The maximum atomic E-state index is 2.52. The van der Waals surface area contributed by atoms with Crippen LogP contribution in [0.3, 0.4) is 0 Å². The van der Waals surface area contributed by atoms with E-state index in [1.165, 1.54) is 0 Å². The molecule has 0 aliphatic heterocycles. The molecule has 0 amide bonds. The molecule has 1 radical (unpaired) electrons. The Balaban J connectivity index is 3.34. The van der Waals surface area contributed by atoms with Crippen molar-refractivity contribution in [2.24, 2.45) is 0 Å². The van der Waals surface area contributed by atoms with Crippen molar-refractivity contribution in [1.82, 2.24) is 0 Å². The van der Waals surface area contributed by atoms with E-state index < -0.39 is 7.59 Å². The molecule has 0 saturated heterocycles. The zero-order valence-electron chi connectivity index (χ0n) is 11.5. The molecule has 0 saturated carbocycles. The Morgan fingerprint density at radius 3 is 1.62 bits per heavy atom. The van der Waals surface area contributed by atoms with Crippen molar-refractivity contribution in [3.8, 4) is 0 Å². The quantitative estimate of drug-likeness (QED) is 0.708. The molecular weight excluding hydrogens is 224 g/mol. The molecule has 16 heavy (non-hydrogen) atoms. The summed E-state index contributed by atoms with van der Waals surface area (Å²) >= 11 is 0. The van der Waals surface area contributed by atoms with Gasteiger partial charge in [0.25, 0.3) is 0 Å². The Kier molecular flexibility index (Phi) is 4.56. The van der Waals surface area contributed by atoms with E-state index in [2.05, 4.69) is 71.1 Å². The zero-order chi connectivity index (χ0) is 12.3. The van der Waals surface area contributed by atoms with Gasteiger partial charge in [0.15, 0.2) is 0 Å². The van der Waals surface area contributed by atoms with Gasteiger partial charge >= 0.3 is 0 Å². The molecule has 1 aromatic rings. The normalized spacial score (nSPS) is 12.8. The minimum Gasteiger partial charge on any atom is -0.0730 e. The Morgan fingerprint density at radius 2 is 1.31 bits per heavy atom. The summed E-state index contributed by atoms with van der Waals surface area (Å²) in [5.74, 6) is 0. The van der Waals surface area contributed by atoms with Gasteiger partial charge in [-0.2, -0.15) is 0 Å². The van der Waals surface area contributed by atoms with Crippen LogP contribution in [-0.2, 0) is 0 Å². The monoisotopic (exact) mass is 249 g/mol. The fourth-order valence-electron chi connectivity index (χ4n) is 3.49. The van der Waals surface area contributed by atoms with Crippen LogP contribution in [0.5, 0.6) is 0 Å². The van der Waals surface area contributed by atoms with Crippen LogP contribution in [0.4, 0.5) is 0 Å². The summed E-state index contributed by atoms with van der Waals surface area (Å²) in [6, 6.07) is 11.3. The summed E-state index contributed by atoms with van der Waals surface area (Å²) in [4.78, 5) is 0. The van der Waals surface area contributed by atoms with Crippen LogP contribution in [0.2, 0.25) is 24.2 Å². The Labute approximate surface area is 103 Å². The Bertz CT molecular complexity index is 293. The Morgan fingerprint density at radius 1 is 0.875 bits per heavy atom. The molecule has 89 valence electrons. The topological polar surface area (TPSA) is 0 Å². The van der Waals surface area contributed by atoms with Gasteiger partial charge in [-0.3, -0.25) is 0 Å². The summed E-state index contributed by atoms with van der Waals surface area (Å²) in [7, 11) is -1.55. The van der Waals surface area contributed by atoms with Gasteiger partial charge in [-0.1, -0.05) is 76.3 Å². The molecule has 2 heteroatoms. The molecular formula is C14H25Si2. The summed E-state index contributed by atoms with van der Waals surface area (Å²) in [6.07, 6.45) is 0. The zero-order valence-corrected chi connectivity index (χ0v) is 13.5. The third-order valence-corrected chi connectivity index (χ3v) is 19.8. The molecule has 1 rings (SSSR count). The van der Waals surface area contributed by atoms with Crippen LogP contribution >= 0.6 is 0 Å². The predicted molar refractivity (Wildman–Crippen MR) is 79.5 cm³/mol. The van der Waals surface area contributed by atoms with Crippen LogP contribution < -0.4 is 5.19 Å². The lowest BCUT2D eigenvalue weighted by molar-refractivity contribution is 0.936. The number of hydrogen-bond acceptors (Lipinski definition) is 0. The summed E-state index contributed by atoms with van der Waals surface area (Å²) in [5, 5.41) is 1.68. The second-order valence-corrected chi connectivity index (χ2v) is 17.7. The minimum atomic E-state index is -1.30. The summed E-state index contributed by atoms with van der Waals surface area (Å²) in [6.45, 7) is 14.8. The van der Waals surface area contributed by atoms with Gasteiger partial charge in [0, 0.05) is 8.31 Å². The van der Waals surface area contributed by atoms with Crippen molar-refractivity contribution in [3.63, 3.8) is 0 Å². The molecule has 1 aromatic carbocycles. The highest BCUT2D eigenvalue weighted by molar-refractivity contribution is 7.39. The fourth-order valence-corrected chi connectivity index (χ4v) is 18.9. The highest BCUT2D eigenvalue weighted by atomic mass is 29.2. The lowest BCUT2D eigenvalue weighted by atomic mass is 10.4. The molecule has 0 nitrogen and oxygen atoms in total.